The lowest BCUT2D eigenvalue weighted by atomic mass is 9.88. The van der Waals surface area contributed by atoms with Crippen molar-refractivity contribution >= 4 is 17.4 Å². The highest BCUT2D eigenvalue weighted by atomic mass is 35.5. The van der Waals surface area contributed by atoms with Gasteiger partial charge in [-0.25, -0.2) is 0 Å². The first kappa shape index (κ1) is 12.4. The molecule has 1 unspecified atom stereocenters. The van der Waals surface area contributed by atoms with Crippen molar-refractivity contribution in [2.75, 3.05) is 12.5 Å². The molecular weight excluding hydrogens is 236 g/mol. The van der Waals surface area contributed by atoms with E-state index in [-0.39, 0.29) is 0 Å². The van der Waals surface area contributed by atoms with Crippen LogP contribution in [-0.2, 0) is 4.79 Å². The fourth-order valence-corrected chi connectivity index (χ4v) is 2.40. The summed E-state index contributed by atoms with van der Waals surface area (Å²) in [7, 11) is 0. The molecule has 1 aromatic rings. The number of rotatable bonds is 5. The van der Waals surface area contributed by atoms with E-state index in [4.69, 9.17) is 16.3 Å². The molecule has 1 atom stereocenters. The summed E-state index contributed by atoms with van der Waals surface area (Å²) in [5, 5.41) is 0. The predicted molar refractivity (Wildman–Crippen MR) is 68.9 cm³/mol. The number of hydrogen-bond donors (Lipinski definition) is 0. The van der Waals surface area contributed by atoms with Gasteiger partial charge in [0.05, 0.1) is 6.61 Å². The smallest absolute Gasteiger partial charge is 0.133 e. The number of hydrogen-bond acceptors (Lipinski definition) is 2. The van der Waals surface area contributed by atoms with E-state index in [0.29, 0.717) is 37.0 Å². The van der Waals surface area contributed by atoms with E-state index in [1.165, 1.54) is 5.56 Å². The van der Waals surface area contributed by atoms with Crippen molar-refractivity contribution in [1.29, 1.82) is 0 Å². The molecule has 2 rings (SSSR count). The normalized spacial score (nSPS) is 18.3. The molecule has 0 bridgehead atoms. The highest BCUT2D eigenvalue weighted by Gasteiger charge is 2.22. The summed E-state index contributed by atoms with van der Waals surface area (Å²) in [6, 6.07) is 8.01. The number of para-hydroxylation sites is 1. The fourth-order valence-electron chi connectivity index (χ4n) is 2.27. The molecule has 1 aliphatic rings. The molecule has 0 radical (unpaired) electrons. The highest BCUT2D eigenvalue weighted by molar-refractivity contribution is 6.17. The second kappa shape index (κ2) is 6.06. The SMILES string of the molecule is O=C(CCCCl)CC1CCOc2ccccc21. The Bertz CT molecular complexity index is 390. The van der Waals surface area contributed by atoms with Gasteiger partial charge in [-0.05, 0) is 30.4 Å². The Labute approximate surface area is 107 Å². The van der Waals surface area contributed by atoms with Crippen molar-refractivity contribution < 1.29 is 9.53 Å². The first-order valence-corrected chi connectivity index (χ1v) is 6.64. The van der Waals surface area contributed by atoms with Crippen LogP contribution in [0, 0.1) is 0 Å². The molecule has 92 valence electrons. The van der Waals surface area contributed by atoms with Crippen LogP contribution in [0.4, 0.5) is 0 Å². The maximum atomic E-state index is 11.8. The number of fused-ring (bicyclic) bond motifs is 1. The van der Waals surface area contributed by atoms with E-state index in [9.17, 15) is 4.79 Å². The van der Waals surface area contributed by atoms with Crippen LogP contribution in [0.2, 0.25) is 0 Å². The van der Waals surface area contributed by atoms with Gasteiger partial charge in [-0.1, -0.05) is 18.2 Å². The molecule has 0 saturated carbocycles. The van der Waals surface area contributed by atoms with Crippen LogP contribution in [0.1, 0.15) is 37.2 Å². The number of Topliss-reactive ketones (excluding diaryl/α,β-unsaturated/α-hetero) is 1. The van der Waals surface area contributed by atoms with E-state index in [0.717, 1.165) is 18.6 Å². The van der Waals surface area contributed by atoms with Gasteiger partial charge < -0.3 is 4.74 Å². The number of ether oxygens (including phenoxy) is 1. The highest BCUT2D eigenvalue weighted by Crippen LogP contribution is 2.35. The van der Waals surface area contributed by atoms with Gasteiger partial charge in [0.25, 0.3) is 0 Å². The molecule has 3 heteroatoms. The first-order valence-electron chi connectivity index (χ1n) is 6.10. The van der Waals surface area contributed by atoms with Crippen LogP contribution in [-0.4, -0.2) is 18.3 Å². The fraction of sp³-hybridized carbons (Fsp3) is 0.500. The predicted octanol–water partition coefficient (Wildman–Crippen LogP) is 3.53. The number of carbonyl (C=O) groups is 1. The van der Waals surface area contributed by atoms with Gasteiger partial charge in [-0.2, -0.15) is 0 Å². The van der Waals surface area contributed by atoms with Gasteiger partial charge in [0.15, 0.2) is 0 Å². The van der Waals surface area contributed by atoms with Crippen molar-refractivity contribution in [2.24, 2.45) is 0 Å². The maximum Gasteiger partial charge on any atom is 0.133 e. The Morgan fingerprint density at radius 2 is 2.24 bits per heavy atom. The molecule has 0 amide bonds. The standard InChI is InChI=1S/C14H17ClO2/c15-8-3-4-12(16)10-11-7-9-17-14-6-2-1-5-13(11)14/h1-2,5-6,11H,3-4,7-10H2. The van der Waals surface area contributed by atoms with Gasteiger partial charge in [0, 0.05) is 18.7 Å². The topological polar surface area (TPSA) is 26.3 Å². The minimum Gasteiger partial charge on any atom is -0.493 e. The Morgan fingerprint density at radius 1 is 1.41 bits per heavy atom. The Balaban J connectivity index is 2.01. The second-order valence-corrected chi connectivity index (χ2v) is 4.79. The number of carbonyl (C=O) groups excluding carboxylic acids is 1. The zero-order valence-electron chi connectivity index (χ0n) is 9.82. The average molecular weight is 253 g/mol. The molecule has 1 heterocycles. The molecule has 0 fully saturated rings. The number of benzene rings is 1. The molecule has 0 N–H and O–H groups in total. The average Bonchev–Trinajstić information content (AvgIpc) is 2.37. The van der Waals surface area contributed by atoms with E-state index in [1.807, 2.05) is 18.2 Å². The van der Waals surface area contributed by atoms with Crippen molar-refractivity contribution in [3.63, 3.8) is 0 Å². The first-order chi connectivity index (χ1) is 8.31. The lowest BCUT2D eigenvalue weighted by Crippen LogP contribution is -2.17. The molecule has 0 saturated heterocycles. The van der Waals surface area contributed by atoms with E-state index in [2.05, 4.69) is 6.07 Å². The van der Waals surface area contributed by atoms with Gasteiger partial charge in [0.2, 0.25) is 0 Å². The Morgan fingerprint density at radius 3 is 3.06 bits per heavy atom. The molecule has 17 heavy (non-hydrogen) atoms. The van der Waals surface area contributed by atoms with Gasteiger partial charge >= 0.3 is 0 Å². The van der Waals surface area contributed by atoms with Gasteiger partial charge in [0.1, 0.15) is 11.5 Å². The van der Waals surface area contributed by atoms with Crippen molar-refractivity contribution in [3.05, 3.63) is 29.8 Å². The lowest BCUT2D eigenvalue weighted by Gasteiger charge is -2.25. The van der Waals surface area contributed by atoms with E-state index in [1.54, 1.807) is 0 Å². The molecule has 1 aliphatic heterocycles. The van der Waals surface area contributed by atoms with Gasteiger partial charge in [-0.3, -0.25) is 4.79 Å². The number of halogens is 1. The van der Waals surface area contributed by atoms with Crippen LogP contribution in [0.5, 0.6) is 5.75 Å². The molecule has 1 aromatic carbocycles. The van der Waals surface area contributed by atoms with E-state index >= 15 is 0 Å². The second-order valence-electron chi connectivity index (χ2n) is 4.41. The Kier molecular flexibility index (Phi) is 4.43. The summed E-state index contributed by atoms with van der Waals surface area (Å²) < 4.78 is 5.58. The number of ketones is 1. The van der Waals surface area contributed by atoms with Crippen molar-refractivity contribution in [1.82, 2.24) is 0 Å². The van der Waals surface area contributed by atoms with Crippen LogP contribution in [0.15, 0.2) is 24.3 Å². The minimum atomic E-state index is 0.312. The molecule has 0 aliphatic carbocycles. The van der Waals surface area contributed by atoms with Crippen LogP contribution >= 0.6 is 11.6 Å². The third kappa shape index (κ3) is 3.22. The summed E-state index contributed by atoms with van der Waals surface area (Å²) in [6.45, 7) is 0.713. The largest absolute Gasteiger partial charge is 0.493 e. The third-order valence-electron chi connectivity index (χ3n) is 3.15. The molecule has 0 aromatic heterocycles. The minimum absolute atomic E-state index is 0.312. The molecule has 2 nitrogen and oxygen atoms in total. The maximum absolute atomic E-state index is 11.8. The summed E-state index contributed by atoms with van der Waals surface area (Å²) in [5.74, 6) is 2.14. The van der Waals surface area contributed by atoms with E-state index < -0.39 is 0 Å². The number of alkyl halides is 1. The summed E-state index contributed by atoms with van der Waals surface area (Å²) in [6.07, 6.45) is 2.94. The molecular formula is C14H17ClO2. The van der Waals surface area contributed by atoms with Crippen LogP contribution in [0.3, 0.4) is 0 Å². The third-order valence-corrected chi connectivity index (χ3v) is 3.41. The van der Waals surface area contributed by atoms with Crippen LogP contribution < -0.4 is 4.74 Å². The quantitative estimate of drug-likeness (QED) is 0.750. The van der Waals surface area contributed by atoms with Crippen LogP contribution in [0.25, 0.3) is 0 Å². The summed E-state index contributed by atoms with van der Waals surface area (Å²) in [5.41, 5.74) is 1.18. The molecule has 0 spiro atoms. The summed E-state index contributed by atoms with van der Waals surface area (Å²) >= 11 is 5.60. The van der Waals surface area contributed by atoms with Crippen molar-refractivity contribution in [2.45, 2.75) is 31.6 Å². The van der Waals surface area contributed by atoms with Crippen molar-refractivity contribution in [3.8, 4) is 5.75 Å². The monoisotopic (exact) mass is 252 g/mol. The van der Waals surface area contributed by atoms with Gasteiger partial charge in [-0.15, -0.1) is 11.6 Å². The zero-order chi connectivity index (χ0) is 12.1. The summed E-state index contributed by atoms with van der Waals surface area (Å²) in [4.78, 5) is 11.8. The lowest BCUT2D eigenvalue weighted by molar-refractivity contribution is -0.119. The Hall–Kier alpha value is -1.02. The zero-order valence-corrected chi connectivity index (χ0v) is 10.6.